The number of benzene rings is 1. The van der Waals surface area contributed by atoms with Gasteiger partial charge in [0.2, 0.25) is 5.91 Å². The first-order chi connectivity index (χ1) is 12.0. The zero-order chi connectivity index (χ0) is 18.0. The van der Waals surface area contributed by atoms with E-state index in [4.69, 9.17) is 17.3 Å². The molecule has 0 radical (unpaired) electrons. The maximum absolute atomic E-state index is 12.0. The zero-order valence-corrected chi connectivity index (χ0v) is 14.2. The van der Waals surface area contributed by atoms with Crippen molar-refractivity contribution in [2.45, 2.75) is 13.3 Å². The normalized spacial score (nSPS) is 10.6. The van der Waals surface area contributed by atoms with Crippen LogP contribution in [0.3, 0.4) is 0 Å². The second-order valence-corrected chi connectivity index (χ2v) is 5.93. The Hall–Kier alpha value is -2.99. The number of ketones is 1. The number of halogens is 1. The largest absolute Gasteiger partial charge is 0.369 e. The van der Waals surface area contributed by atoms with Crippen LogP contribution in [-0.2, 0) is 11.2 Å². The lowest BCUT2D eigenvalue weighted by Gasteiger charge is -2.04. The number of nitrogens with two attached hydrogens (primary N) is 1. The Morgan fingerprint density at radius 3 is 2.68 bits per heavy atom. The average molecular weight is 355 g/mol. The van der Waals surface area contributed by atoms with E-state index in [1.165, 1.54) is 6.92 Å². The van der Waals surface area contributed by atoms with Gasteiger partial charge >= 0.3 is 0 Å². The summed E-state index contributed by atoms with van der Waals surface area (Å²) < 4.78 is 1.57. The topological polar surface area (TPSA) is 90.9 Å². The zero-order valence-electron chi connectivity index (χ0n) is 13.4. The average Bonchev–Trinajstić information content (AvgIpc) is 3.00. The second-order valence-electron chi connectivity index (χ2n) is 5.52. The number of pyridine rings is 1. The van der Waals surface area contributed by atoms with Crippen LogP contribution >= 0.6 is 11.6 Å². The van der Waals surface area contributed by atoms with Crippen LogP contribution in [0.4, 0.5) is 0 Å². The first-order valence-corrected chi connectivity index (χ1v) is 7.92. The third-order valence-corrected chi connectivity index (χ3v) is 3.97. The van der Waals surface area contributed by atoms with E-state index in [9.17, 15) is 9.59 Å². The molecule has 3 rings (SSSR count). The Bertz CT molecular complexity index is 965. The highest BCUT2D eigenvalue weighted by Crippen LogP contribution is 2.30. The molecule has 25 heavy (non-hydrogen) atoms. The summed E-state index contributed by atoms with van der Waals surface area (Å²) in [5.74, 6) is -0.584. The number of aromatic nitrogens is 3. The molecule has 2 aromatic heterocycles. The third kappa shape index (κ3) is 3.59. The molecule has 0 saturated heterocycles. The van der Waals surface area contributed by atoms with Crippen LogP contribution in [0, 0.1) is 0 Å². The van der Waals surface area contributed by atoms with Crippen molar-refractivity contribution in [2.24, 2.45) is 5.73 Å². The Morgan fingerprint density at radius 1 is 1.24 bits per heavy atom. The second kappa shape index (κ2) is 6.86. The van der Waals surface area contributed by atoms with Crippen molar-refractivity contribution in [3.63, 3.8) is 0 Å². The lowest BCUT2D eigenvalue weighted by atomic mass is 10.1. The summed E-state index contributed by atoms with van der Waals surface area (Å²) in [6.07, 6.45) is 3.24. The summed E-state index contributed by atoms with van der Waals surface area (Å²) in [6.45, 7) is 1.48. The first-order valence-electron chi connectivity index (χ1n) is 7.55. The van der Waals surface area contributed by atoms with E-state index >= 15 is 0 Å². The van der Waals surface area contributed by atoms with Crippen molar-refractivity contribution in [3.8, 4) is 16.9 Å². The summed E-state index contributed by atoms with van der Waals surface area (Å²) in [6, 6.07) is 10.6. The number of primary amides is 1. The maximum Gasteiger partial charge on any atom is 0.223 e. The first kappa shape index (κ1) is 16.9. The Labute approximate surface area is 149 Å². The minimum absolute atomic E-state index is 0.0338. The van der Waals surface area contributed by atoms with E-state index in [1.54, 1.807) is 35.3 Å². The molecular weight excluding hydrogens is 340 g/mol. The molecule has 0 fully saturated rings. The maximum atomic E-state index is 12.0. The van der Waals surface area contributed by atoms with Gasteiger partial charge in [-0.05, 0) is 25.1 Å². The van der Waals surface area contributed by atoms with Gasteiger partial charge in [-0.25, -0.2) is 4.68 Å². The molecule has 2 heterocycles. The van der Waals surface area contributed by atoms with Gasteiger partial charge in [-0.1, -0.05) is 29.8 Å². The van der Waals surface area contributed by atoms with Crippen LogP contribution in [0.15, 0.2) is 48.8 Å². The van der Waals surface area contributed by atoms with Gasteiger partial charge in [-0.15, -0.1) is 0 Å². The molecule has 0 bridgehead atoms. The van der Waals surface area contributed by atoms with E-state index in [-0.39, 0.29) is 12.2 Å². The molecule has 0 spiro atoms. The van der Waals surface area contributed by atoms with E-state index in [1.807, 2.05) is 18.2 Å². The van der Waals surface area contributed by atoms with Crippen molar-refractivity contribution < 1.29 is 9.59 Å². The molecule has 1 aromatic carbocycles. The van der Waals surface area contributed by atoms with Crippen LogP contribution in [0.1, 0.15) is 23.0 Å². The van der Waals surface area contributed by atoms with Crippen LogP contribution in [0.2, 0.25) is 5.02 Å². The molecule has 126 valence electrons. The number of carbonyl (C=O) groups excluding carboxylic acids is 2. The number of amides is 1. The van der Waals surface area contributed by atoms with Gasteiger partial charge in [0, 0.05) is 18.0 Å². The third-order valence-electron chi connectivity index (χ3n) is 3.64. The lowest BCUT2D eigenvalue weighted by Crippen LogP contribution is -2.14. The van der Waals surface area contributed by atoms with Crippen LogP contribution < -0.4 is 5.73 Å². The van der Waals surface area contributed by atoms with Gasteiger partial charge in [-0.3, -0.25) is 14.6 Å². The lowest BCUT2D eigenvalue weighted by molar-refractivity contribution is -0.117. The fourth-order valence-electron chi connectivity index (χ4n) is 2.50. The summed E-state index contributed by atoms with van der Waals surface area (Å²) >= 11 is 6.25. The Balaban J connectivity index is 2.10. The van der Waals surface area contributed by atoms with Crippen molar-refractivity contribution >= 4 is 23.3 Å². The van der Waals surface area contributed by atoms with Gasteiger partial charge in [0.05, 0.1) is 28.4 Å². The molecule has 0 aliphatic carbocycles. The Morgan fingerprint density at radius 2 is 2.00 bits per heavy atom. The van der Waals surface area contributed by atoms with Crippen LogP contribution in [0.5, 0.6) is 0 Å². The summed E-state index contributed by atoms with van der Waals surface area (Å²) in [5.41, 5.74) is 8.06. The van der Waals surface area contributed by atoms with Gasteiger partial charge in [-0.2, -0.15) is 5.10 Å². The molecule has 1 amide bonds. The van der Waals surface area contributed by atoms with Gasteiger partial charge in [0.25, 0.3) is 0 Å². The molecule has 0 unspecified atom stereocenters. The SMILES string of the molecule is CC(=O)c1cn(-c2ccnc(CC(N)=O)c2)nc1-c1ccccc1Cl. The highest BCUT2D eigenvalue weighted by molar-refractivity contribution is 6.33. The van der Waals surface area contributed by atoms with E-state index in [0.29, 0.717) is 33.2 Å². The summed E-state index contributed by atoms with van der Waals surface area (Å²) in [5, 5.41) is 5.03. The number of nitrogens with zero attached hydrogens (tertiary/aromatic N) is 3. The molecule has 0 aliphatic heterocycles. The number of Topliss-reactive ketones (excluding diaryl/α,β-unsaturated/α-hetero) is 1. The van der Waals surface area contributed by atoms with E-state index < -0.39 is 5.91 Å². The smallest absolute Gasteiger partial charge is 0.223 e. The van der Waals surface area contributed by atoms with Crippen molar-refractivity contribution in [1.29, 1.82) is 0 Å². The predicted molar refractivity (Wildman–Crippen MR) is 94.7 cm³/mol. The summed E-state index contributed by atoms with van der Waals surface area (Å²) in [7, 11) is 0. The predicted octanol–water partition coefficient (Wildman–Crippen LogP) is 2.82. The molecule has 6 nitrogen and oxygen atoms in total. The molecule has 7 heteroatoms. The molecular formula is C18H15ClN4O2. The number of rotatable bonds is 5. The van der Waals surface area contributed by atoms with Gasteiger partial charge < -0.3 is 5.73 Å². The number of carbonyl (C=O) groups is 2. The summed E-state index contributed by atoms with van der Waals surface area (Å²) in [4.78, 5) is 27.2. The molecule has 0 saturated carbocycles. The van der Waals surface area contributed by atoms with Crippen LogP contribution in [0.25, 0.3) is 16.9 Å². The van der Waals surface area contributed by atoms with Crippen molar-refractivity contribution in [1.82, 2.24) is 14.8 Å². The van der Waals surface area contributed by atoms with Gasteiger partial charge in [0.1, 0.15) is 5.69 Å². The van der Waals surface area contributed by atoms with Crippen LogP contribution in [-0.4, -0.2) is 26.5 Å². The highest BCUT2D eigenvalue weighted by atomic mass is 35.5. The van der Waals surface area contributed by atoms with Crippen molar-refractivity contribution in [3.05, 3.63) is 65.1 Å². The van der Waals surface area contributed by atoms with Crippen molar-refractivity contribution in [2.75, 3.05) is 0 Å². The molecule has 2 N–H and O–H groups in total. The molecule has 0 atom stereocenters. The fraction of sp³-hybridized carbons (Fsp3) is 0.111. The molecule has 3 aromatic rings. The monoisotopic (exact) mass is 354 g/mol. The van der Waals surface area contributed by atoms with E-state index in [2.05, 4.69) is 10.1 Å². The quantitative estimate of drug-likeness (QED) is 0.713. The number of hydrogen-bond acceptors (Lipinski definition) is 4. The minimum Gasteiger partial charge on any atom is -0.369 e. The van der Waals surface area contributed by atoms with E-state index in [0.717, 1.165) is 0 Å². The standard InChI is InChI=1S/C18H15ClN4O2/c1-11(24)15-10-23(13-6-7-21-12(8-13)9-17(20)25)22-18(15)14-4-2-3-5-16(14)19/h2-8,10H,9H2,1H3,(H2,20,25). The van der Waals surface area contributed by atoms with Gasteiger partial charge in [0.15, 0.2) is 5.78 Å². The molecule has 0 aliphatic rings. The minimum atomic E-state index is -0.466. The number of hydrogen-bond donors (Lipinski definition) is 1. The highest BCUT2D eigenvalue weighted by Gasteiger charge is 2.17. The fourth-order valence-corrected chi connectivity index (χ4v) is 2.72. The Kier molecular flexibility index (Phi) is 4.63.